The number of pyridine rings is 1. The molecule has 0 aliphatic carbocycles. The van der Waals surface area contributed by atoms with E-state index in [0.717, 1.165) is 12.1 Å². The third kappa shape index (κ3) is 4.64. The number of hydrogen-bond acceptors (Lipinski definition) is 6. The highest BCUT2D eigenvalue weighted by Crippen LogP contribution is 2.29. The Kier molecular flexibility index (Phi) is 6.81. The zero-order valence-electron chi connectivity index (χ0n) is 13.6. The number of nitrogens with one attached hydrogen (secondary N) is 2. The number of benzene rings is 1. The fourth-order valence-corrected chi connectivity index (χ4v) is 2.09. The number of aliphatic hydroxyl groups excluding tert-OH is 2. The Morgan fingerprint density at radius 2 is 2.12 bits per heavy atom. The Morgan fingerprint density at radius 1 is 1.38 bits per heavy atom. The first-order valence-corrected chi connectivity index (χ1v) is 7.79. The molecule has 1 atom stereocenters. The third-order valence-electron chi connectivity index (χ3n) is 3.40. The van der Waals surface area contributed by atoms with E-state index in [0.29, 0.717) is 10.6 Å². The minimum atomic E-state index is -1.27. The largest absolute Gasteiger partial charge is 0.394 e. The summed E-state index contributed by atoms with van der Waals surface area (Å²) in [6.45, 7) is 0.698. The van der Waals surface area contributed by atoms with Crippen LogP contribution in [0.3, 0.4) is 0 Å². The van der Waals surface area contributed by atoms with Gasteiger partial charge >= 0.3 is 0 Å². The quantitative estimate of drug-likeness (QED) is 0.542. The van der Waals surface area contributed by atoms with Gasteiger partial charge < -0.3 is 15.5 Å². The molecule has 10 heteroatoms. The Hall–Kier alpha value is -2.33. The Bertz CT molecular complexity index is 807. The SMILES string of the molecule is Cc1c(Cl)cncc1Nc1c(C(=O)NOCC(O)CO)ccc(F)c1F. The van der Waals surface area contributed by atoms with Crippen molar-refractivity contribution in [3.05, 3.63) is 52.3 Å². The molecule has 140 valence electrons. The summed E-state index contributed by atoms with van der Waals surface area (Å²) in [4.78, 5) is 20.8. The first-order valence-electron chi connectivity index (χ1n) is 7.41. The van der Waals surface area contributed by atoms with Crippen LogP contribution in [0.1, 0.15) is 15.9 Å². The van der Waals surface area contributed by atoms with Gasteiger partial charge in [-0.3, -0.25) is 14.6 Å². The highest BCUT2D eigenvalue weighted by Gasteiger charge is 2.20. The highest BCUT2D eigenvalue weighted by atomic mass is 35.5. The second kappa shape index (κ2) is 8.86. The van der Waals surface area contributed by atoms with Crippen LogP contribution < -0.4 is 10.8 Å². The predicted octanol–water partition coefficient (Wildman–Crippen LogP) is 2.08. The van der Waals surface area contributed by atoms with Crippen molar-refractivity contribution in [2.75, 3.05) is 18.5 Å². The minimum Gasteiger partial charge on any atom is -0.394 e. The Balaban J connectivity index is 2.29. The number of nitrogens with zero attached hydrogens (tertiary/aromatic N) is 1. The number of aliphatic hydroxyl groups is 2. The fraction of sp³-hybridized carbons (Fsp3) is 0.250. The molecule has 1 aromatic heterocycles. The van der Waals surface area contributed by atoms with Gasteiger partial charge in [0.05, 0.1) is 34.8 Å². The monoisotopic (exact) mass is 387 g/mol. The van der Waals surface area contributed by atoms with Crippen molar-refractivity contribution < 1.29 is 28.6 Å². The van der Waals surface area contributed by atoms with Gasteiger partial charge in [0.1, 0.15) is 12.7 Å². The lowest BCUT2D eigenvalue weighted by Crippen LogP contribution is -2.30. The van der Waals surface area contributed by atoms with Crippen molar-refractivity contribution in [3.8, 4) is 0 Å². The van der Waals surface area contributed by atoms with Crippen LogP contribution in [0.15, 0.2) is 24.5 Å². The number of halogens is 3. The predicted molar refractivity (Wildman–Crippen MR) is 90.1 cm³/mol. The van der Waals surface area contributed by atoms with Gasteiger partial charge in [0.15, 0.2) is 11.6 Å². The van der Waals surface area contributed by atoms with Gasteiger partial charge in [-0.15, -0.1) is 0 Å². The van der Waals surface area contributed by atoms with Crippen LogP contribution in [-0.2, 0) is 4.84 Å². The maximum Gasteiger partial charge on any atom is 0.277 e. The maximum absolute atomic E-state index is 14.3. The van der Waals surface area contributed by atoms with E-state index in [2.05, 4.69) is 10.3 Å². The molecule has 0 saturated carbocycles. The van der Waals surface area contributed by atoms with E-state index in [4.69, 9.17) is 26.7 Å². The average molecular weight is 388 g/mol. The van der Waals surface area contributed by atoms with E-state index in [9.17, 15) is 13.6 Å². The van der Waals surface area contributed by atoms with Crippen molar-refractivity contribution in [2.45, 2.75) is 13.0 Å². The van der Waals surface area contributed by atoms with Crippen molar-refractivity contribution in [3.63, 3.8) is 0 Å². The molecule has 1 unspecified atom stereocenters. The molecule has 0 aliphatic heterocycles. The van der Waals surface area contributed by atoms with E-state index in [1.165, 1.54) is 12.4 Å². The lowest BCUT2D eigenvalue weighted by molar-refractivity contribution is -0.0295. The van der Waals surface area contributed by atoms with Gasteiger partial charge in [-0.1, -0.05) is 11.6 Å². The van der Waals surface area contributed by atoms with Crippen LogP contribution in [0.5, 0.6) is 0 Å². The summed E-state index contributed by atoms with van der Waals surface area (Å²) in [7, 11) is 0. The van der Waals surface area contributed by atoms with Crippen LogP contribution in [0, 0.1) is 18.6 Å². The second-order valence-corrected chi connectivity index (χ2v) is 5.69. The molecule has 1 amide bonds. The number of aromatic nitrogens is 1. The van der Waals surface area contributed by atoms with E-state index in [-0.39, 0.29) is 17.9 Å². The standard InChI is InChI=1S/C16H16ClF2N3O4/c1-8-11(17)4-20-5-13(8)21-15-10(2-3-12(18)14(15)19)16(25)22-26-7-9(24)6-23/h2-5,9,21,23-24H,6-7H2,1H3,(H,22,25). The molecule has 26 heavy (non-hydrogen) atoms. The minimum absolute atomic E-state index is 0.248. The normalized spacial score (nSPS) is 11.9. The summed E-state index contributed by atoms with van der Waals surface area (Å²) in [5.41, 5.74) is 2.12. The molecule has 1 heterocycles. The zero-order chi connectivity index (χ0) is 19.3. The van der Waals surface area contributed by atoms with Crippen LogP contribution in [0.4, 0.5) is 20.2 Å². The molecule has 0 saturated heterocycles. The summed E-state index contributed by atoms with van der Waals surface area (Å²) in [6.07, 6.45) is 1.54. The Labute approximate surface area is 152 Å². The second-order valence-electron chi connectivity index (χ2n) is 5.28. The molecular weight excluding hydrogens is 372 g/mol. The van der Waals surface area contributed by atoms with E-state index >= 15 is 0 Å². The molecular formula is C16H16ClF2N3O4. The van der Waals surface area contributed by atoms with E-state index in [1.54, 1.807) is 6.92 Å². The number of carbonyl (C=O) groups is 1. The van der Waals surface area contributed by atoms with Crippen LogP contribution in [0.25, 0.3) is 0 Å². The van der Waals surface area contributed by atoms with E-state index < -0.39 is 35.9 Å². The first kappa shape index (κ1) is 20.0. The molecule has 0 aliphatic rings. The molecule has 0 radical (unpaired) electrons. The third-order valence-corrected chi connectivity index (χ3v) is 3.79. The molecule has 2 rings (SSSR count). The summed E-state index contributed by atoms with van der Waals surface area (Å²) in [6, 6.07) is 1.86. The molecule has 7 nitrogen and oxygen atoms in total. The highest BCUT2D eigenvalue weighted by molar-refractivity contribution is 6.31. The number of anilines is 2. The molecule has 4 N–H and O–H groups in total. The van der Waals surface area contributed by atoms with Gasteiger partial charge in [-0.2, -0.15) is 0 Å². The molecule has 2 aromatic rings. The topological polar surface area (TPSA) is 104 Å². The van der Waals surface area contributed by atoms with Crippen molar-refractivity contribution >= 4 is 28.9 Å². The van der Waals surface area contributed by atoms with Gasteiger partial charge in [-0.05, 0) is 24.6 Å². The van der Waals surface area contributed by atoms with Gasteiger partial charge in [-0.25, -0.2) is 14.3 Å². The van der Waals surface area contributed by atoms with Crippen molar-refractivity contribution in [2.24, 2.45) is 0 Å². The van der Waals surface area contributed by atoms with Crippen LogP contribution in [-0.4, -0.2) is 40.4 Å². The van der Waals surface area contributed by atoms with Crippen LogP contribution >= 0.6 is 11.6 Å². The number of amides is 1. The lowest BCUT2D eigenvalue weighted by Gasteiger charge is -2.15. The molecule has 0 bridgehead atoms. The summed E-state index contributed by atoms with van der Waals surface area (Å²) in [5, 5.41) is 20.8. The molecule has 0 spiro atoms. The molecule has 0 fully saturated rings. The average Bonchev–Trinajstić information content (AvgIpc) is 2.62. The fourth-order valence-electron chi connectivity index (χ4n) is 1.93. The number of rotatable bonds is 7. The summed E-state index contributed by atoms with van der Waals surface area (Å²) < 4.78 is 27.9. The van der Waals surface area contributed by atoms with E-state index in [1.807, 2.05) is 5.48 Å². The van der Waals surface area contributed by atoms with Gasteiger partial charge in [0.2, 0.25) is 0 Å². The van der Waals surface area contributed by atoms with Gasteiger partial charge in [0, 0.05) is 6.20 Å². The smallest absolute Gasteiger partial charge is 0.277 e. The maximum atomic E-state index is 14.3. The van der Waals surface area contributed by atoms with Crippen molar-refractivity contribution in [1.29, 1.82) is 0 Å². The van der Waals surface area contributed by atoms with Crippen molar-refractivity contribution in [1.82, 2.24) is 10.5 Å². The summed E-state index contributed by atoms with van der Waals surface area (Å²) >= 11 is 5.95. The summed E-state index contributed by atoms with van der Waals surface area (Å²) in [5.74, 6) is -3.31. The van der Waals surface area contributed by atoms with Crippen LogP contribution in [0.2, 0.25) is 5.02 Å². The van der Waals surface area contributed by atoms with Gasteiger partial charge in [0.25, 0.3) is 5.91 Å². The Morgan fingerprint density at radius 3 is 2.81 bits per heavy atom. The number of hydrogen-bond donors (Lipinski definition) is 4. The lowest BCUT2D eigenvalue weighted by atomic mass is 10.1. The number of hydroxylamine groups is 1. The first-order chi connectivity index (χ1) is 12.3. The zero-order valence-corrected chi connectivity index (χ0v) is 14.3. The molecule has 1 aromatic carbocycles. The number of carbonyl (C=O) groups excluding carboxylic acids is 1.